The number of nitrogens with zero attached hydrogens (tertiary/aromatic N) is 1. The van der Waals surface area contributed by atoms with Crippen LogP contribution >= 0.6 is 0 Å². The van der Waals surface area contributed by atoms with Gasteiger partial charge in [-0.3, -0.25) is 4.98 Å². The van der Waals surface area contributed by atoms with Crippen molar-refractivity contribution in [1.82, 2.24) is 10.3 Å². The minimum atomic E-state index is -0.236. The van der Waals surface area contributed by atoms with Crippen LogP contribution in [0.2, 0.25) is 0 Å². The Morgan fingerprint density at radius 3 is 2.87 bits per heavy atom. The van der Waals surface area contributed by atoms with E-state index in [9.17, 15) is 5.11 Å². The van der Waals surface area contributed by atoms with Crippen molar-refractivity contribution in [2.75, 3.05) is 6.54 Å². The van der Waals surface area contributed by atoms with Crippen molar-refractivity contribution in [3.63, 3.8) is 0 Å². The van der Waals surface area contributed by atoms with Crippen LogP contribution in [0.3, 0.4) is 0 Å². The molecule has 3 heteroatoms. The van der Waals surface area contributed by atoms with Gasteiger partial charge in [-0.15, -0.1) is 0 Å². The van der Waals surface area contributed by atoms with Crippen LogP contribution in [0.5, 0.6) is 0 Å². The van der Waals surface area contributed by atoms with E-state index >= 15 is 0 Å². The van der Waals surface area contributed by atoms with Gasteiger partial charge in [-0.1, -0.05) is 19.4 Å². The first-order valence-electron chi connectivity index (χ1n) is 5.52. The summed E-state index contributed by atoms with van der Waals surface area (Å²) in [5.41, 5.74) is 2.19. The van der Waals surface area contributed by atoms with Gasteiger partial charge in [-0.2, -0.15) is 0 Å². The summed E-state index contributed by atoms with van der Waals surface area (Å²) in [5, 5.41) is 12.7. The Kier molecular flexibility index (Phi) is 5.29. The molecule has 0 aliphatic heterocycles. The van der Waals surface area contributed by atoms with Crippen LogP contribution < -0.4 is 5.32 Å². The van der Waals surface area contributed by atoms with Crippen LogP contribution in [0, 0.1) is 6.92 Å². The zero-order valence-electron chi connectivity index (χ0n) is 9.53. The van der Waals surface area contributed by atoms with Gasteiger partial charge in [0.15, 0.2) is 0 Å². The quantitative estimate of drug-likeness (QED) is 0.747. The summed E-state index contributed by atoms with van der Waals surface area (Å²) >= 11 is 0. The summed E-state index contributed by atoms with van der Waals surface area (Å²) in [6.45, 7) is 5.46. The maximum absolute atomic E-state index is 9.49. The molecule has 0 saturated heterocycles. The molecule has 0 bridgehead atoms. The SMILES string of the molecule is CCCC(O)CNCc1ccc(C)cn1. The second kappa shape index (κ2) is 6.53. The molecule has 0 aliphatic rings. The smallest absolute Gasteiger partial charge is 0.0664 e. The van der Waals surface area contributed by atoms with Crippen LogP contribution in [0.4, 0.5) is 0 Å². The summed E-state index contributed by atoms with van der Waals surface area (Å²) in [5.74, 6) is 0. The number of pyridine rings is 1. The summed E-state index contributed by atoms with van der Waals surface area (Å²) in [6, 6.07) is 4.06. The van der Waals surface area contributed by atoms with Gasteiger partial charge >= 0.3 is 0 Å². The number of hydrogen-bond donors (Lipinski definition) is 2. The van der Waals surface area contributed by atoms with Crippen molar-refractivity contribution >= 4 is 0 Å². The Hall–Kier alpha value is -0.930. The van der Waals surface area contributed by atoms with Gasteiger partial charge in [-0.25, -0.2) is 0 Å². The first-order chi connectivity index (χ1) is 7.22. The van der Waals surface area contributed by atoms with Crippen molar-refractivity contribution in [3.8, 4) is 0 Å². The second-order valence-corrected chi connectivity index (χ2v) is 3.90. The molecule has 0 amide bonds. The van der Waals surface area contributed by atoms with Gasteiger partial charge in [0.25, 0.3) is 0 Å². The summed E-state index contributed by atoms with van der Waals surface area (Å²) in [6.07, 6.45) is 3.50. The molecule has 1 aromatic heterocycles. The average molecular weight is 208 g/mol. The minimum Gasteiger partial charge on any atom is -0.392 e. The molecule has 2 N–H and O–H groups in total. The highest BCUT2D eigenvalue weighted by Crippen LogP contribution is 1.99. The lowest BCUT2D eigenvalue weighted by molar-refractivity contribution is 0.160. The van der Waals surface area contributed by atoms with Crippen LogP contribution in [0.25, 0.3) is 0 Å². The number of hydrogen-bond acceptors (Lipinski definition) is 3. The third kappa shape index (κ3) is 4.91. The summed E-state index contributed by atoms with van der Waals surface area (Å²) in [7, 11) is 0. The zero-order valence-corrected chi connectivity index (χ0v) is 9.53. The van der Waals surface area contributed by atoms with Crippen LogP contribution in [0.1, 0.15) is 31.0 Å². The molecule has 0 radical (unpaired) electrons. The monoisotopic (exact) mass is 208 g/mol. The molecule has 0 aromatic carbocycles. The molecule has 1 atom stereocenters. The molecular weight excluding hydrogens is 188 g/mol. The number of rotatable bonds is 6. The fourth-order valence-corrected chi connectivity index (χ4v) is 1.41. The van der Waals surface area contributed by atoms with Crippen molar-refractivity contribution in [1.29, 1.82) is 0 Å². The molecule has 15 heavy (non-hydrogen) atoms. The summed E-state index contributed by atoms with van der Waals surface area (Å²) < 4.78 is 0. The molecule has 84 valence electrons. The predicted molar refractivity (Wildman–Crippen MR) is 61.6 cm³/mol. The molecule has 1 rings (SSSR count). The summed E-state index contributed by atoms with van der Waals surface area (Å²) in [4.78, 5) is 4.28. The first-order valence-corrected chi connectivity index (χ1v) is 5.52. The lowest BCUT2D eigenvalue weighted by Crippen LogP contribution is -2.26. The van der Waals surface area contributed by atoms with E-state index < -0.39 is 0 Å². The Labute approximate surface area is 91.5 Å². The predicted octanol–water partition coefficient (Wildman–Crippen LogP) is 1.64. The first kappa shape index (κ1) is 12.1. The standard InChI is InChI=1S/C12H20N2O/c1-3-4-12(15)9-13-8-11-6-5-10(2)7-14-11/h5-7,12-13,15H,3-4,8-9H2,1-2H3. The van der Waals surface area contributed by atoms with Gasteiger partial charge in [0.05, 0.1) is 11.8 Å². The number of aromatic nitrogens is 1. The number of aliphatic hydroxyl groups excluding tert-OH is 1. The normalized spacial score (nSPS) is 12.7. The Morgan fingerprint density at radius 2 is 2.27 bits per heavy atom. The van der Waals surface area contributed by atoms with E-state index in [1.165, 1.54) is 5.56 Å². The van der Waals surface area contributed by atoms with Gasteiger partial charge in [0, 0.05) is 19.3 Å². The van der Waals surface area contributed by atoms with E-state index in [-0.39, 0.29) is 6.10 Å². The highest BCUT2D eigenvalue weighted by molar-refractivity contribution is 5.11. The highest BCUT2D eigenvalue weighted by atomic mass is 16.3. The lowest BCUT2D eigenvalue weighted by atomic mass is 10.2. The van der Waals surface area contributed by atoms with Crippen LogP contribution in [0.15, 0.2) is 18.3 Å². The van der Waals surface area contributed by atoms with E-state index in [2.05, 4.69) is 17.2 Å². The van der Waals surface area contributed by atoms with E-state index in [4.69, 9.17) is 0 Å². The number of nitrogens with one attached hydrogen (secondary N) is 1. The number of aryl methyl sites for hydroxylation is 1. The number of aliphatic hydroxyl groups is 1. The largest absolute Gasteiger partial charge is 0.392 e. The van der Waals surface area contributed by atoms with Gasteiger partial charge in [0.1, 0.15) is 0 Å². The fourth-order valence-electron chi connectivity index (χ4n) is 1.41. The van der Waals surface area contributed by atoms with Crippen molar-refractivity contribution in [2.45, 2.75) is 39.3 Å². The van der Waals surface area contributed by atoms with E-state index in [1.807, 2.05) is 25.3 Å². The van der Waals surface area contributed by atoms with Crippen molar-refractivity contribution in [3.05, 3.63) is 29.6 Å². The van der Waals surface area contributed by atoms with Gasteiger partial charge in [-0.05, 0) is 25.0 Å². The molecule has 3 nitrogen and oxygen atoms in total. The van der Waals surface area contributed by atoms with E-state index in [1.54, 1.807) is 0 Å². The molecule has 0 fully saturated rings. The van der Waals surface area contributed by atoms with E-state index in [0.717, 1.165) is 25.1 Å². The van der Waals surface area contributed by atoms with E-state index in [0.29, 0.717) is 6.54 Å². The maximum Gasteiger partial charge on any atom is 0.0664 e. The molecule has 0 saturated carbocycles. The Bertz CT molecular complexity index is 271. The van der Waals surface area contributed by atoms with Crippen LogP contribution in [-0.2, 0) is 6.54 Å². The molecule has 1 unspecified atom stereocenters. The fraction of sp³-hybridized carbons (Fsp3) is 0.583. The Morgan fingerprint density at radius 1 is 1.47 bits per heavy atom. The zero-order chi connectivity index (χ0) is 11.1. The van der Waals surface area contributed by atoms with Crippen LogP contribution in [-0.4, -0.2) is 22.7 Å². The molecule has 1 heterocycles. The van der Waals surface area contributed by atoms with Gasteiger partial charge in [0.2, 0.25) is 0 Å². The molecule has 0 aliphatic carbocycles. The highest BCUT2D eigenvalue weighted by Gasteiger charge is 2.01. The molecule has 0 spiro atoms. The average Bonchev–Trinajstić information content (AvgIpc) is 2.21. The minimum absolute atomic E-state index is 0.236. The molecule has 1 aromatic rings. The topological polar surface area (TPSA) is 45.1 Å². The lowest BCUT2D eigenvalue weighted by Gasteiger charge is -2.10. The third-order valence-electron chi connectivity index (χ3n) is 2.28. The van der Waals surface area contributed by atoms with Crippen molar-refractivity contribution < 1.29 is 5.11 Å². The third-order valence-corrected chi connectivity index (χ3v) is 2.28. The van der Waals surface area contributed by atoms with Crippen molar-refractivity contribution in [2.24, 2.45) is 0 Å². The Balaban J connectivity index is 2.22. The maximum atomic E-state index is 9.49. The van der Waals surface area contributed by atoms with Gasteiger partial charge < -0.3 is 10.4 Å². The molecular formula is C12H20N2O. The second-order valence-electron chi connectivity index (χ2n) is 3.90.